The molecule has 0 aliphatic rings. The van der Waals surface area contributed by atoms with Crippen molar-refractivity contribution in [3.8, 4) is 0 Å². The summed E-state index contributed by atoms with van der Waals surface area (Å²) in [6, 6.07) is 3.58. The molecule has 1 aromatic rings. The summed E-state index contributed by atoms with van der Waals surface area (Å²) in [7, 11) is 1.49. The average Bonchev–Trinajstić information content (AvgIpc) is 2.34. The van der Waals surface area contributed by atoms with Crippen molar-refractivity contribution in [2.24, 2.45) is 5.41 Å². The van der Waals surface area contributed by atoms with Crippen LogP contribution in [0, 0.1) is 10.6 Å². The van der Waals surface area contributed by atoms with Crippen LogP contribution in [0.4, 0.5) is 0 Å². The molecule has 0 radical (unpaired) electrons. The number of nitrogens with zero attached hydrogens (tertiary/aromatic N) is 1. The van der Waals surface area contributed by atoms with Gasteiger partial charge in [0.25, 0.3) is 0 Å². The molecule has 0 saturated heterocycles. The summed E-state index contributed by atoms with van der Waals surface area (Å²) in [6.07, 6.45) is 1.57. The van der Waals surface area contributed by atoms with Gasteiger partial charge in [0.15, 0.2) is 5.76 Å². The first-order valence-corrected chi connectivity index (χ1v) is 4.25. The van der Waals surface area contributed by atoms with E-state index in [9.17, 15) is 5.21 Å². The number of hydrogen-bond donors (Lipinski definition) is 0. The van der Waals surface area contributed by atoms with Gasteiger partial charge in [0.2, 0.25) is 5.71 Å². The normalized spacial score (nSPS) is 14.2. The summed E-state index contributed by atoms with van der Waals surface area (Å²) in [5, 5.41) is 11.3. The standard InChI is InChI=1S/C10H15NO2/c1-10(2,3)9(11(4)12)8-6-5-7-13-8/h5-7H,1-4H3/b11-9+. The summed E-state index contributed by atoms with van der Waals surface area (Å²) >= 11 is 0. The van der Waals surface area contributed by atoms with Crippen LogP contribution in [0.5, 0.6) is 0 Å². The molecule has 0 atom stereocenters. The molecule has 0 saturated carbocycles. The van der Waals surface area contributed by atoms with E-state index in [0.717, 1.165) is 4.74 Å². The van der Waals surface area contributed by atoms with Gasteiger partial charge in [-0.1, -0.05) is 20.8 Å². The van der Waals surface area contributed by atoms with Gasteiger partial charge in [-0.05, 0) is 12.1 Å². The first-order chi connectivity index (χ1) is 5.93. The van der Waals surface area contributed by atoms with Gasteiger partial charge in [0.05, 0.1) is 11.7 Å². The molecule has 0 fully saturated rings. The van der Waals surface area contributed by atoms with Gasteiger partial charge in [-0.3, -0.25) is 0 Å². The highest BCUT2D eigenvalue weighted by Crippen LogP contribution is 2.21. The molecular weight excluding hydrogens is 166 g/mol. The van der Waals surface area contributed by atoms with E-state index in [1.165, 1.54) is 7.05 Å². The van der Waals surface area contributed by atoms with Crippen molar-refractivity contribution in [3.05, 3.63) is 29.4 Å². The van der Waals surface area contributed by atoms with Crippen LogP contribution in [0.3, 0.4) is 0 Å². The molecule has 0 aromatic carbocycles. The van der Waals surface area contributed by atoms with Crippen molar-refractivity contribution in [1.82, 2.24) is 0 Å². The molecule has 1 heterocycles. The minimum absolute atomic E-state index is 0.200. The third kappa shape index (κ3) is 2.11. The summed E-state index contributed by atoms with van der Waals surface area (Å²) in [4.78, 5) is 0. The molecule has 0 bridgehead atoms. The lowest BCUT2D eigenvalue weighted by atomic mass is 9.88. The SMILES string of the molecule is C/[N+]([O-])=C(/c1ccco1)C(C)(C)C. The van der Waals surface area contributed by atoms with E-state index in [4.69, 9.17) is 4.42 Å². The van der Waals surface area contributed by atoms with E-state index in [0.29, 0.717) is 11.5 Å². The highest BCUT2D eigenvalue weighted by Gasteiger charge is 2.29. The Balaban J connectivity index is 3.18. The van der Waals surface area contributed by atoms with E-state index in [1.54, 1.807) is 18.4 Å². The first kappa shape index (κ1) is 9.84. The second-order valence-electron chi connectivity index (χ2n) is 4.07. The monoisotopic (exact) mass is 181 g/mol. The van der Waals surface area contributed by atoms with E-state index < -0.39 is 0 Å². The predicted octanol–water partition coefficient (Wildman–Crippen LogP) is 2.25. The van der Waals surface area contributed by atoms with Crippen LogP contribution in [-0.4, -0.2) is 17.5 Å². The Hall–Kier alpha value is -1.25. The Labute approximate surface area is 78.3 Å². The number of hydrogen-bond acceptors (Lipinski definition) is 2. The molecule has 0 N–H and O–H groups in total. The van der Waals surface area contributed by atoms with Crippen molar-refractivity contribution in [2.75, 3.05) is 7.05 Å². The lowest BCUT2D eigenvalue weighted by Gasteiger charge is -2.18. The fourth-order valence-electron chi connectivity index (χ4n) is 1.41. The maximum absolute atomic E-state index is 11.3. The van der Waals surface area contributed by atoms with Gasteiger partial charge in [-0.25, -0.2) is 4.74 Å². The molecule has 0 unspecified atom stereocenters. The van der Waals surface area contributed by atoms with Crippen LogP contribution in [0.25, 0.3) is 0 Å². The smallest absolute Gasteiger partial charge is 0.235 e. The maximum atomic E-state index is 11.3. The van der Waals surface area contributed by atoms with E-state index >= 15 is 0 Å². The van der Waals surface area contributed by atoms with Crippen molar-refractivity contribution in [3.63, 3.8) is 0 Å². The second kappa shape index (κ2) is 3.24. The Morgan fingerprint density at radius 1 is 1.46 bits per heavy atom. The minimum atomic E-state index is -0.200. The maximum Gasteiger partial charge on any atom is 0.235 e. The van der Waals surface area contributed by atoms with Gasteiger partial charge in [-0.15, -0.1) is 0 Å². The lowest BCUT2D eigenvalue weighted by Crippen LogP contribution is -2.28. The quantitative estimate of drug-likeness (QED) is 0.288. The molecule has 13 heavy (non-hydrogen) atoms. The third-order valence-electron chi connectivity index (χ3n) is 1.78. The molecule has 1 rings (SSSR count). The van der Waals surface area contributed by atoms with Crippen LogP contribution in [0.2, 0.25) is 0 Å². The highest BCUT2D eigenvalue weighted by molar-refractivity contribution is 5.98. The molecule has 0 aliphatic heterocycles. The Morgan fingerprint density at radius 2 is 2.08 bits per heavy atom. The third-order valence-corrected chi connectivity index (χ3v) is 1.78. The number of hydroxylamine groups is 1. The summed E-state index contributed by atoms with van der Waals surface area (Å²) in [6.45, 7) is 5.96. The zero-order valence-corrected chi connectivity index (χ0v) is 8.50. The molecule has 1 aromatic heterocycles. The van der Waals surface area contributed by atoms with Crippen molar-refractivity contribution in [1.29, 1.82) is 0 Å². The zero-order chi connectivity index (χ0) is 10.1. The van der Waals surface area contributed by atoms with E-state index in [1.807, 2.05) is 20.8 Å². The summed E-state index contributed by atoms with van der Waals surface area (Å²) < 4.78 is 6.06. The number of rotatable bonds is 1. The first-order valence-electron chi connectivity index (χ1n) is 4.25. The minimum Gasteiger partial charge on any atom is -0.624 e. The highest BCUT2D eigenvalue weighted by atomic mass is 16.5. The van der Waals surface area contributed by atoms with E-state index in [-0.39, 0.29) is 5.41 Å². The van der Waals surface area contributed by atoms with Crippen LogP contribution < -0.4 is 0 Å². The van der Waals surface area contributed by atoms with Gasteiger partial charge in [0, 0.05) is 0 Å². The molecule has 0 spiro atoms. The van der Waals surface area contributed by atoms with Crippen LogP contribution in [0.15, 0.2) is 22.8 Å². The summed E-state index contributed by atoms with van der Waals surface area (Å²) in [5.41, 5.74) is 0.464. The molecule has 3 nitrogen and oxygen atoms in total. The van der Waals surface area contributed by atoms with Crippen LogP contribution >= 0.6 is 0 Å². The fourth-order valence-corrected chi connectivity index (χ4v) is 1.41. The topological polar surface area (TPSA) is 39.2 Å². The fraction of sp³-hybridized carbons (Fsp3) is 0.500. The second-order valence-corrected chi connectivity index (χ2v) is 4.07. The van der Waals surface area contributed by atoms with Gasteiger partial charge in [-0.2, -0.15) is 0 Å². The Morgan fingerprint density at radius 3 is 2.38 bits per heavy atom. The largest absolute Gasteiger partial charge is 0.624 e. The lowest BCUT2D eigenvalue weighted by molar-refractivity contribution is -0.426. The van der Waals surface area contributed by atoms with Crippen LogP contribution in [-0.2, 0) is 0 Å². The van der Waals surface area contributed by atoms with Gasteiger partial charge >= 0.3 is 0 Å². The van der Waals surface area contributed by atoms with Crippen molar-refractivity contribution < 1.29 is 9.16 Å². The van der Waals surface area contributed by atoms with Crippen molar-refractivity contribution in [2.45, 2.75) is 20.8 Å². The Bertz CT molecular complexity index is 300. The molecule has 3 heteroatoms. The average molecular weight is 181 g/mol. The molecule has 0 aliphatic carbocycles. The van der Waals surface area contributed by atoms with Gasteiger partial charge < -0.3 is 9.62 Å². The van der Waals surface area contributed by atoms with Crippen molar-refractivity contribution >= 4 is 5.71 Å². The predicted molar refractivity (Wildman–Crippen MR) is 51.8 cm³/mol. The van der Waals surface area contributed by atoms with Gasteiger partial charge in [0.1, 0.15) is 7.05 Å². The number of furan rings is 1. The van der Waals surface area contributed by atoms with Crippen LogP contribution in [0.1, 0.15) is 26.5 Å². The zero-order valence-electron chi connectivity index (χ0n) is 8.50. The summed E-state index contributed by atoms with van der Waals surface area (Å²) in [5.74, 6) is 0.644. The molecule has 72 valence electrons. The Kier molecular flexibility index (Phi) is 2.45. The molecular formula is C10H15NO2. The molecule has 0 amide bonds. The van der Waals surface area contributed by atoms with E-state index in [2.05, 4.69) is 0 Å².